The van der Waals surface area contributed by atoms with Crippen molar-refractivity contribution in [1.82, 2.24) is 0 Å². The summed E-state index contributed by atoms with van der Waals surface area (Å²) in [5, 5.41) is 17.6. The summed E-state index contributed by atoms with van der Waals surface area (Å²) in [4.78, 5) is 21.4. The van der Waals surface area contributed by atoms with Gasteiger partial charge in [-0.1, -0.05) is 86.4 Å². The van der Waals surface area contributed by atoms with Gasteiger partial charge in [-0.3, -0.25) is 0 Å². The fourth-order valence-corrected chi connectivity index (χ4v) is 2.66. The Morgan fingerprint density at radius 3 is 2.18 bits per heavy atom. The molecule has 1 aliphatic carbocycles. The Bertz CT molecular complexity index is 812. The summed E-state index contributed by atoms with van der Waals surface area (Å²) in [6.07, 6.45) is 11.5. The average Bonchev–Trinajstić information content (AvgIpc) is 2.64. The van der Waals surface area contributed by atoms with Crippen LogP contribution in [0.3, 0.4) is 0 Å². The Labute approximate surface area is 166 Å². The molecule has 0 bridgehead atoms. The molecular weight excluding hydrogens is 352 g/mol. The van der Waals surface area contributed by atoms with Crippen LogP contribution in [0.25, 0.3) is 6.08 Å². The molecule has 0 aromatic heterocycles. The van der Waals surface area contributed by atoms with Crippen molar-refractivity contribution in [2.24, 2.45) is 5.41 Å². The van der Waals surface area contributed by atoms with Gasteiger partial charge in [-0.2, -0.15) is 0 Å². The zero-order chi connectivity index (χ0) is 21.2. The van der Waals surface area contributed by atoms with E-state index in [1.807, 2.05) is 56.3 Å². The van der Waals surface area contributed by atoms with Gasteiger partial charge in [0.2, 0.25) is 0 Å². The summed E-state index contributed by atoms with van der Waals surface area (Å²) >= 11 is 0. The standard InChI is InChI=1S/C17H18O2.C7H10O2/c1-4-5-12-17(3,14(2)16(18)19)13-11-15-9-7-6-8-10-15;1-2-5-3-4-6(5)7(8)9/h4-13H,1-2H2,3H3,(H,18,19);2-4H2,1H3,(H,8,9). The van der Waals surface area contributed by atoms with Gasteiger partial charge >= 0.3 is 11.9 Å². The van der Waals surface area contributed by atoms with E-state index < -0.39 is 17.4 Å². The van der Waals surface area contributed by atoms with E-state index in [-0.39, 0.29) is 5.57 Å². The van der Waals surface area contributed by atoms with Gasteiger partial charge in [-0.15, -0.1) is 0 Å². The number of hydrogen-bond acceptors (Lipinski definition) is 2. The van der Waals surface area contributed by atoms with Crippen molar-refractivity contribution in [3.63, 3.8) is 0 Å². The van der Waals surface area contributed by atoms with Gasteiger partial charge in [0.25, 0.3) is 0 Å². The smallest absolute Gasteiger partial charge is 0.332 e. The largest absolute Gasteiger partial charge is 0.478 e. The zero-order valence-electron chi connectivity index (χ0n) is 16.5. The molecule has 0 aliphatic heterocycles. The SMILES string of the molecule is C=CC=CC(C)(C=Cc1ccccc1)C(=C)C(=O)O.CCC1=C(C(=O)O)CC1. The van der Waals surface area contributed by atoms with Crippen LogP contribution in [0.1, 0.15) is 38.7 Å². The van der Waals surface area contributed by atoms with Gasteiger partial charge in [0.1, 0.15) is 0 Å². The molecule has 0 amide bonds. The van der Waals surface area contributed by atoms with Crippen molar-refractivity contribution < 1.29 is 19.8 Å². The number of benzene rings is 1. The molecule has 1 unspecified atom stereocenters. The minimum Gasteiger partial charge on any atom is -0.478 e. The molecule has 0 heterocycles. The van der Waals surface area contributed by atoms with Gasteiger partial charge < -0.3 is 10.2 Å². The molecule has 0 saturated heterocycles. The Hall–Kier alpha value is -3.14. The van der Waals surface area contributed by atoms with E-state index in [0.29, 0.717) is 5.57 Å². The lowest BCUT2D eigenvalue weighted by atomic mass is 9.81. The van der Waals surface area contributed by atoms with Crippen LogP contribution >= 0.6 is 0 Å². The fourth-order valence-electron chi connectivity index (χ4n) is 2.66. The molecule has 2 N–H and O–H groups in total. The van der Waals surface area contributed by atoms with Gasteiger partial charge in [-0.05, 0) is 31.7 Å². The van der Waals surface area contributed by atoms with E-state index in [0.717, 1.165) is 30.4 Å². The molecule has 1 aromatic carbocycles. The van der Waals surface area contributed by atoms with Crippen molar-refractivity contribution in [3.8, 4) is 0 Å². The lowest BCUT2D eigenvalue weighted by Crippen LogP contribution is -2.19. The van der Waals surface area contributed by atoms with E-state index >= 15 is 0 Å². The van der Waals surface area contributed by atoms with Crippen molar-refractivity contribution >= 4 is 18.0 Å². The lowest BCUT2D eigenvalue weighted by Gasteiger charge is -2.22. The number of allylic oxidation sites excluding steroid dienone is 5. The molecule has 1 aromatic rings. The van der Waals surface area contributed by atoms with Crippen molar-refractivity contribution in [3.05, 3.63) is 90.1 Å². The first-order valence-electron chi connectivity index (χ1n) is 9.16. The van der Waals surface area contributed by atoms with Crippen LogP contribution in [0.4, 0.5) is 0 Å². The first-order valence-corrected chi connectivity index (χ1v) is 9.16. The predicted molar refractivity (Wildman–Crippen MR) is 114 cm³/mol. The fraction of sp³-hybridized carbons (Fsp3) is 0.250. The van der Waals surface area contributed by atoms with Crippen LogP contribution in [0.5, 0.6) is 0 Å². The summed E-state index contributed by atoms with van der Waals surface area (Å²) in [5.74, 6) is -1.73. The molecule has 1 atom stereocenters. The van der Waals surface area contributed by atoms with Gasteiger partial charge in [-0.25, -0.2) is 9.59 Å². The average molecular weight is 380 g/mol. The molecule has 1 aliphatic rings. The maximum Gasteiger partial charge on any atom is 0.332 e. The first kappa shape index (κ1) is 22.9. The van der Waals surface area contributed by atoms with Crippen molar-refractivity contribution in [1.29, 1.82) is 0 Å². The number of hydrogen-bond donors (Lipinski definition) is 2. The topological polar surface area (TPSA) is 74.6 Å². The maximum absolute atomic E-state index is 11.1. The van der Waals surface area contributed by atoms with Crippen LogP contribution in [-0.2, 0) is 9.59 Å². The monoisotopic (exact) mass is 380 g/mol. The molecule has 2 rings (SSSR count). The Morgan fingerprint density at radius 2 is 1.79 bits per heavy atom. The highest BCUT2D eigenvalue weighted by molar-refractivity contribution is 5.89. The third-order valence-corrected chi connectivity index (χ3v) is 4.70. The molecule has 0 radical (unpaired) electrons. The summed E-state index contributed by atoms with van der Waals surface area (Å²) in [6, 6.07) is 9.71. The Balaban J connectivity index is 0.000000362. The van der Waals surface area contributed by atoms with Gasteiger partial charge in [0, 0.05) is 16.6 Å². The maximum atomic E-state index is 11.1. The van der Waals surface area contributed by atoms with Gasteiger partial charge in [0.05, 0.1) is 0 Å². The Morgan fingerprint density at radius 1 is 1.14 bits per heavy atom. The highest BCUT2D eigenvalue weighted by Gasteiger charge is 2.26. The van der Waals surface area contributed by atoms with Crippen LogP contribution < -0.4 is 0 Å². The second kappa shape index (κ2) is 10.9. The second-order valence-corrected chi connectivity index (χ2v) is 6.65. The van der Waals surface area contributed by atoms with E-state index in [9.17, 15) is 9.59 Å². The number of rotatable bonds is 8. The van der Waals surface area contributed by atoms with Crippen LogP contribution in [0, 0.1) is 5.41 Å². The second-order valence-electron chi connectivity index (χ2n) is 6.65. The number of carboxylic acids is 2. The van der Waals surface area contributed by atoms with E-state index in [4.69, 9.17) is 10.2 Å². The zero-order valence-corrected chi connectivity index (χ0v) is 16.5. The van der Waals surface area contributed by atoms with Crippen LogP contribution in [0.2, 0.25) is 0 Å². The van der Waals surface area contributed by atoms with E-state index in [1.165, 1.54) is 0 Å². The van der Waals surface area contributed by atoms with Crippen molar-refractivity contribution in [2.75, 3.05) is 0 Å². The normalized spacial score (nSPS) is 15.4. The van der Waals surface area contributed by atoms with Crippen molar-refractivity contribution in [2.45, 2.75) is 33.1 Å². The number of carbonyl (C=O) groups is 2. The first-order chi connectivity index (χ1) is 13.2. The molecule has 0 fully saturated rings. The summed E-state index contributed by atoms with van der Waals surface area (Å²) in [6.45, 7) is 11.1. The van der Waals surface area contributed by atoms with E-state index in [2.05, 4.69) is 13.2 Å². The number of aliphatic carboxylic acids is 2. The minimum absolute atomic E-state index is 0.123. The van der Waals surface area contributed by atoms with Crippen LogP contribution in [-0.4, -0.2) is 22.2 Å². The molecule has 148 valence electrons. The van der Waals surface area contributed by atoms with Crippen LogP contribution in [0.15, 0.2) is 84.5 Å². The third kappa shape index (κ3) is 6.54. The molecule has 0 saturated carbocycles. The molecule has 28 heavy (non-hydrogen) atoms. The quantitative estimate of drug-likeness (QED) is 0.451. The lowest BCUT2D eigenvalue weighted by molar-refractivity contribution is -0.134. The molecule has 4 heteroatoms. The molecular formula is C24H28O4. The predicted octanol–water partition coefficient (Wildman–Crippen LogP) is 5.66. The third-order valence-electron chi connectivity index (χ3n) is 4.70. The molecule has 4 nitrogen and oxygen atoms in total. The minimum atomic E-state index is -1.01. The highest BCUT2D eigenvalue weighted by atomic mass is 16.4. The van der Waals surface area contributed by atoms with E-state index in [1.54, 1.807) is 18.2 Å². The molecule has 0 spiro atoms. The van der Waals surface area contributed by atoms with Gasteiger partial charge in [0.15, 0.2) is 0 Å². The summed E-state index contributed by atoms with van der Waals surface area (Å²) in [7, 11) is 0. The Kier molecular flexibility index (Phi) is 8.89. The summed E-state index contributed by atoms with van der Waals surface area (Å²) in [5.41, 5.74) is 2.17. The highest BCUT2D eigenvalue weighted by Crippen LogP contribution is 2.31. The number of carboxylic acid groups (broad SMARTS) is 2. The summed E-state index contributed by atoms with van der Waals surface area (Å²) < 4.78 is 0.